The van der Waals surface area contributed by atoms with Crippen LogP contribution in [0.4, 0.5) is 0 Å². The van der Waals surface area contributed by atoms with Crippen molar-refractivity contribution in [1.29, 1.82) is 0 Å². The van der Waals surface area contributed by atoms with Gasteiger partial charge in [0.05, 0.1) is 13.2 Å². The van der Waals surface area contributed by atoms with Crippen LogP contribution in [0.1, 0.15) is 87.0 Å². The Morgan fingerprint density at radius 2 is 1.59 bits per heavy atom. The van der Waals surface area contributed by atoms with Crippen molar-refractivity contribution in [2.75, 3.05) is 13.2 Å². The molecule has 150 valence electrons. The maximum atomic E-state index is 6.05. The first-order valence-corrected chi connectivity index (χ1v) is 10.1. The average molecular weight is 371 g/mol. The highest BCUT2D eigenvalue weighted by molar-refractivity contribution is 5.18. The van der Waals surface area contributed by atoms with E-state index in [2.05, 4.69) is 58.1 Å². The van der Waals surface area contributed by atoms with E-state index in [9.17, 15) is 0 Å². The van der Waals surface area contributed by atoms with E-state index in [1.807, 2.05) is 13.8 Å². The second kappa shape index (κ2) is 10.2. The molecule has 0 aromatic heterocycles. The lowest BCUT2D eigenvalue weighted by Crippen LogP contribution is -2.47. The van der Waals surface area contributed by atoms with Gasteiger partial charge in [-0.05, 0) is 63.5 Å². The quantitative estimate of drug-likeness (QED) is 0.312. The maximum Gasteiger partial charge on any atom is 0.162 e. The number of rotatable bonds is 6. The second-order valence-corrected chi connectivity index (χ2v) is 9.45. The summed E-state index contributed by atoms with van der Waals surface area (Å²) in [5.41, 5.74) is 6.04. The molecule has 1 saturated heterocycles. The normalized spacial score (nSPS) is 17.9. The SMILES string of the molecule is C#CCCCCC#CCC1(CC(=C=C(C)C)C(C)(C)C)COC(C)(C)OC1. The predicted octanol–water partition coefficient (Wildman–Crippen LogP) is 6.27. The first-order valence-electron chi connectivity index (χ1n) is 10.1. The van der Waals surface area contributed by atoms with E-state index in [1.165, 1.54) is 11.1 Å². The van der Waals surface area contributed by atoms with Gasteiger partial charge in [-0.3, -0.25) is 0 Å². The van der Waals surface area contributed by atoms with Crippen molar-refractivity contribution in [3.8, 4) is 24.2 Å². The molecule has 0 amide bonds. The smallest absolute Gasteiger partial charge is 0.162 e. The fraction of sp³-hybridized carbons (Fsp3) is 0.720. The van der Waals surface area contributed by atoms with Crippen LogP contribution in [0.25, 0.3) is 0 Å². The summed E-state index contributed by atoms with van der Waals surface area (Å²) in [5, 5.41) is 0. The zero-order valence-electron chi connectivity index (χ0n) is 18.6. The summed E-state index contributed by atoms with van der Waals surface area (Å²) in [7, 11) is 0. The number of hydrogen-bond donors (Lipinski definition) is 0. The summed E-state index contributed by atoms with van der Waals surface area (Å²) in [6.45, 7) is 16.2. The van der Waals surface area contributed by atoms with Gasteiger partial charge in [0.2, 0.25) is 0 Å². The summed E-state index contributed by atoms with van der Waals surface area (Å²) < 4.78 is 12.1. The van der Waals surface area contributed by atoms with Gasteiger partial charge in [0.1, 0.15) is 0 Å². The topological polar surface area (TPSA) is 18.5 Å². The number of terminal acetylenes is 1. The van der Waals surface area contributed by atoms with Gasteiger partial charge in [0.25, 0.3) is 0 Å². The number of ether oxygens (including phenoxy) is 2. The minimum absolute atomic E-state index is 0.0554. The van der Waals surface area contributed by atoms with Crippen LogP contribution in [0.15, 0.2) is 16.9 Å². The molecular weight excluding hydrogens is 332 g/mol. The van der Waals surface area contributed by atoms with Gasteiger partial charge >= 0.3 is 0 Å². The van der Waals surface area contributed by atoms with Crippen LogP contribution in [0.2, 0.25) is 0 Å². The van der Waals surface area contributed by atoms with Gasteiger partial charge in [-0.2, -0.15) is 0 Å². The Morgan fingerprint density at radius 3 is 2.11 bits per heavy atom. The molecule has 0 atom stereocenters. The van der Waals surface area contributed by atoms with Crippen molar-refractivity contribution >= 4 is 0 Å². The molecule has 1 aliphatic rings. The number of unbranched alkanes of at least 4 members (excludes halogenated alkanes) is 3. The molecule has 0 radical (unpaired) electrons. The van der Waals surface area contributed by atoms with Crippen LogP contribution in [0, 0.1) is 35.0 Å². The third kappa shape index (κ3) is 8.86. The molecule has 0 saturated carbocycles. The van der Waals surface area contributed by atoms with E-state index >= 15 is 0 Å². The van der Waals surface area contributed by atoms with Gasteiger partial charge in [-0.25, -0.2) is 0 Å². The van der Waals surface area contributed by atoms with Gasteiger partial charge in [0.15, 0.2) is 5.79 Å². The molecular formula is C25H38O2. The van der Waals surface area contributed by atoms with Crippen LogP contribution in [0.3, 0.4) is 0 Å². The number of hydrogen-bond acceptors (Lipinski definition) is 2. The largest absolute Gasteiger partial charge is 0.350 e. The minimum Gasteiger partial charge on any atom is -0.350 e. The van der Waals surface area contributed by atoms with Crippen molar-refractivity contribution in [3.63, 3.8) is 0 Å². The molecule has 0 aliphatic carbocycles. The van der Waals surface area contributed by atoms with E-state index in [0.29, 0.717) is 13.2 Å². The van der Waals surface area contributed by atoms with Gasteiger partial charge in [-0.15, -0.1) is 29.9 Å². The van der Waals surface area contributed by atoms with Gasteiger partial charge in [0, 0.05) is 24.7 Å². The Hall–Kier alpha value is -1.44. The zero-order chi connectivity index (χ0) is 20.6. The second-order valence-electron chi connectivity index (χ2n) is 9.45. The van der Waals surface area contributed by atoms with Crippen molar-refractivity contribution < 1.29 is 9.47 Å². The highest BCUT2D eigenvalue weighted by Crippen LogP contribution is 2.42. The summed E-state index contributed by atoms with van der Waals surface area (Å²) in [4.78, 5) is 0. The van der Waals surface area contributed by atoms with E-state index in [0.717, 1.165) is 38.5 Å². The van der Waals surface area contributed by atoms with Crippen LogP contribution in [-0.2, 0) is 9.47 Å². The fourth-order valence-corrected chi connectivity index (χ4v) is 2.96. The monoisotopic (exact) mass is 370 g/mol. The molecule has 27 heavy (non-hydrogen) atoms. The molecule has 0 bridgehead atoms. The van der Waals surface area contributed by atoms with E-state index in [4.69, 9.17) is 15.9 Å². The minimum atomic E-state index is -0.520. The Balaban J connectivity index is 2.95. The van der Waals surface area contributed by atoms with Crippen molar-refractivity contribution in [2.24, 2.45) is 10.8 Å². The lowest BCUT2D eigenvalue weighted by Gasteiger charge is -2.44. The molecule has 1 fully saturated rings. The zero-order valence-corrected chi connectivity index (χ0v) is 18.6. The highest BCUT2D eigenvalue weighted by atomic mass is 16.7. The molecule has 0 aromatic rings. The molecule has 0 unspecified atom stereocenters. The predicted molar refractivity (Wildman–Crippen MR) is 114 cm³/mol. The van der Waals surface area contributed by atoms with Crippen LogP contribution < -0.4 is 0 Å². The van der Waals surface area contributed by atoms with Crippen LogP contribution in [0.5, 0.6) is 0 Å². The summed E-state index contributed by atoms with van der Waals surface area (Å²) in [6.07, 6.45) is 10.8. The van der Waals surface area contributed by atoms with Crippen LogP contribution in [-0.4, -0.2) is 19.0 Å². The average Bonchev–Trinajstić information content (AvgIpc) is 2.55. The van der Waals surface area contributed by atoms with Crippen molar-refractivity contribution in [3.05, 3.63) is 16.9 Å². The van der Waals surface area contributed by atoms with Crippen molar-refractivity contribution in [1.82, 2.24) is 0 Å². The Labute approximate surface area is 167 Å². The van der Waals surface area contributed by atoms with Gasteiger partial charge in [-0.1, -0.05) is 20.8 Å². The van der Waals surface area contributed by atoms with Crippen molar-refractivity contribution in [2.45, 2.75) is 92.8 Å². The van der Waals surface area contributed by atoms with E-state index in [-0.39, 0.29) is 10.8 Å². The summed E-state index contributed by atoms with van der Waals surface area (Å²) in [6, 6.07) is 0. The maximum absolute atomic E-state index is 6.05. The van der Waals surface area contributed by atoms with E-state index in [1.54, 1.807) is 0 Å². The first-order chi connectivity index (χ1) is 12.5. The Morgan fingerprint density at radius 1 is 1.00 bits per heavy atom. The standard InChI is InChI=1S/C25H38O2/c1-9-10-11-12-13-14-15-16-25(19-26-24(7,8)27-20-25)18-22(17-21(2)3)23(4,5)6/h1H,10-13,16,18-20H2,2-8H3. The lowest BCUT2D eigenvalue weighted by molar-refractivity contribution is -0.284. The summed E-state index contributed by atoms with van der Waals surface area (Å²) >= 11 is 0. The summed E-state index contributed by atoms with van der Waals surface area (Å²) in [5.74, 6) is 8.89. The van der Waals surface area contributed by atoms with Crippen LogP contribution >= 0.6 is 0 Å². The first kappa shape index (κ1) is 23.6. The molecule has 1 aliphatic heterocycles. The van der Waals surface area contributed by atoms with Gasteiger partial charge < -0.3 is 9.47 Å². The lowest BCUT2D eigenvalue weighted by atomic mass is 9.72. The molecule has 1 rings (SSSR count). The molecule has 0 N–H and O–H groups in total. The van der Waals surface area contributed by atoms with E-state index < -0.39 is 5.79 Å². The molecule has 0 aromatic carbocycles. The Kier molecular flexibility index (Phi) is 8.91. The third-order valence-electron chi connectivity index (χ3n) is 4.77. The molecule has 2 heteroatoms. The molecule has 0 spiro atoms. The molecule has 1 heterocycles. The third-order valence-corrected chi connectivity index (χ3v) is 4.77. The molecule has 2 nitrogen and oxygen atoms in total. The Bertz CT molecular complexity index is 635. The number of allylic oxidation sites excluding steroid dienone is 1. The fourth-order valence-electron chi connectivity index (χ4n) is 2.96. The highest BCUT2D eigenvalue weighted by Gasteiger charge is 2.41.